The van der Waals surface area contributed by atoms with Crippen LogP contribution in [0.25, 0.3) is 10.9 Å². The van der Waals surface area contributed by atoms with E-state index >= 15 is 0 Å². The molecule has 0 aliphatic carbocycles. The number of fused-ring (bicyclic) bond motifs is 1. The fraction of sp³-hybridized carbons (Fsp3) is 0. The molecule has 0 aliphatic rings. The van der Waals surface area contributed by atoms with Crippen molar-refractivity contribution in [1.82, 2.24) is 4.98 Å². The molecule has 0 saturated carbocycles. The van der Waals surface area contributed by atoms with E-state index in [4.69, 9.17) is 11.7 Å². The fourth-order valence-corrected chi connectivity index (χ4v) is 3.56. The minimum absolute atomic E-state index is 0.101. The Labute approximate surface area is 138 Å². The average molecular weight is 342 g/mol. The Morgan fingerprint density at radius 3 is 2.54 bits per heavy atom. The van der Waals surface area contributed by atoms with Crippen molar-refractivity contribution in [1.29, 1.82) is 0 Å². The zero-order chi connectivity index (χ0) is 17.2. The lowest BCUT2D eigenvalue weighted by Crippen LogP contribution is -2.37. The zero-order valence-corrected chi connectivity index (χ0v) is 13.3. The number of nitrogens with zero attached hydrogens (tertiary/aromatic N) is 4. The maximum absolute atomic E-state index is 12.9. The van der Waals surface area contributed by atoms with Crippen molar-refractivity contribution in [2.75, 3.05) is 4.41 Å². The molecule has 8 nitrogen and oxygen atoms in total. The van der Waals surface area contributed by atoms with Crippen LogP contribution in [0.15, 0.2) is 76.0 Å². The molecular formula is C15H14N6O2S. The van der Waals surface area contributed by atoms with Gasteiger partial charge in [-0.2, -0.15) is 12.8 Å². The highest BCUT2D eigenvalue weighted by Gasteiger charge is 2.26. The number of pyridine rings is 1. The number of hydrogen-bond acceptors (Lipinski definition) is 6. The third kappa shape index (κ3) is 2.66. The van der Waals surface area contributed by atoms with Gasteiger partial charge in [-0.25, -0.2) is 5.84 Å². The van der Waals surface area contributed by atoms with Gasteiger partial charge in [-0.15, -0.1) is 5.11 Å². The molecule has 0 bridgehead atoms. The lowest BCUT2D eigenvalue weighted by molar-refractivity contribution is 0.592. The molecule has 0 spiro atoms. The molecule has 3 rings (SSSR count). The Morgan fingerprint density at radius 2 is 1.75 bits per heavy atom. The van der Waals surface area contributed by atoms with Crippen LogP contribution in [0, 0.1) is 0 Å². The van der Waals surface area contributed by atoms with Crippen LogP contribution < -0.4 is 16.1 Å². The Bertz CT molecular complexity index is 1010. The number of para-hydroxylation sites is 1. The number of rotatable bonds is 4. The predicted molar refractivity (Wildman–Crippen MR) is 90.7 cm³/mol. The second-order valence-corrected chi connectivity index (χ2v) is 6.62. The van der Waals surface area contributed by atoms with E-state index in [0.717, 1.165) is 5.39 Å². The Hall–Kier alpha value is -3.04. The van der Waals surface area contributed by atoms with Crippen molar-refractivity contribution in [3.8, 4) is 0 Å². The van der Waals surface area contributed by atoms with Gasteiger partial charge >= 0.3 is 0 Å². The van der Waals surface area contributed by atoms with Crippen molar-refractivity contribution in [3.05, 3.63) is 60.8 Å². The lowest BCUT2D eigenvalue weighted by atomic mass is 10.2. The molecule has 0 atom stereocenters. The van der Waals surface area contributed by atoms with E-state index in [9.17, 15) is 8.42 Å². The summed E-state index contributed by atoms with van der Waals surface area (Å²) in [6, 6.07) is 14.8. The van der Waals surface area contributed by atoms with Crippen LogP contribution in [-0.2, 0) is 10.0 Å². The maximum atomic E-state index is 12.9. The van der Waals surface area contributed by atoms with E-state index < -0.39 is 10.0 Å². The Balaban J connectivity index is 2.17. The first-order chi connectivity index (χ1) is 11.6. The quantitative estimate of drug-likeness (QED) is 0.427. The van der Waals surface area contributed by atoms with Gasteiger partial charge in [0.15, 0.2) is 0 Å². The van der Waals surface area contributed by atoms with Crippen LogP contribution in [0.5, 0.6) is 0 Å². The summed E-state index contributed by atoms with van der Waals surface area (Å²) in [6.45, 7) is 0. The molecule has 1 heterocycles. The molecule has 0 unspecified atom stereocenters. The molecular weight excluding hydrogens is 328 g/mol. The maximum Gasteiger partial charge on any atom is 0.279 e. The summed E-state index contributed by atoms with van der Waals surface area (Å²) >= 11 is 0. The van der Waals surface area contributed by atoms with Crippen molar-refractivity contribution in [2.24, 2.45) is 22.0 Å². The van der Waals surface area contributed by atoms with Crippen molar-refractivity contribution >= 4 is 32.3 Å². The van der Waals surface area contributed by atoms with Gasteiger partial charge in [-0.3, -0.25) is 4.98 Å². The smallest absolute Gasteiger partial charge is 0.279 e. The van der Waals surface area contributed by atoms with E-state index in [1.165, 1.54) is 12.1 Å². The van der Waals surface area contributed by atoms with E-state index in [2.05, 4.69) is 15.3 Å². The second-order valence-electron chi connectivity index (χ2n) is 4.84. The normalized spacial score (nSPS) is 11.9. The average Bonchev–Trinajstić information content (AvgIpc) is 2.61. The van der Waals surface area contributed by atoms with E-state index in [-0.39, 0.29) is 16.3 Å². The highest BCUT2D eigenvalue weighted by molar-refractivity contribution is 7.92. The number of aromatic nitrogens is 1. The summed E-state index contributed by atoms with van der Waals surface area (Å²) in [5, 5.41) is 7.56. The first-order valence-corrected chi connectivity index (χ1v) is 8.33. The monoisotopic (exact) mass is 342 g/mol. The number of sulfonamides is 1. The standard InChI is InChI=1S/C15H14N6O2S/c16-20-19-12-7-1-2-9-14(12)24(22,23)21(17)13-8-3-5-11-6-4-10-18-15(11)13/h1-10H,17H2,(H2,16,19). The molecule has 0 saturated heterocycles. The minimum Gasteiger partial charge on any atom is -0.305 e. The molecule has 2 aromatic carbocycles. The summed E-state index contributed by atoms with van der Waals surface area (Å²) in [5.41, 5.74) is 0.834. The third-order valence-electron chi connectivity index (χ3n) is 3.42. The number of nitrogens with two attached hydrogens (primary N) is 2. The summed E-state index contributed by atoms with van der Waals surface area (Å²) < 4.78 is 26.5. The van der Waals surface area contributed by atoms with Crippen LogP contribution in [0.4, 0.5) is 11.4 Å². The molecule has 3 aromatic rings. The van der Waals surface area contributed by atoms with Gasteiger partial charge in [0.1, 0.15) is 10.6 Å². The van der Waals surface area contributed by atoms with Crippen LogP contribution in [0.3, 0.4) is 0 Å². The van der Waals surface area contributed by atoms with Crippen molar-refractivity contribution in [3.63, 3.8) is 0 Å². The first-order valence-electron chi connectivity index (χ1n) is 6.89. The summed E-state index contributed by atoms with van der Waals surface area (Å²) in [7, 11) is -4.07. The predicted octanol–water partition coefficient (Wildman–Crippen LogP) is 2.26. The molecule has 0 aliphatic heterocycles. The summed E-state index contributed by atoms with van der Waals surface area (Å²) in [4.78, 5) is 4.12. The number of benzene rings is 2. The summed E-state index contributed by atoms with van der Waals surface area (Å²) in [5.74, 6) is 11.0. The van der Waals surface area contributed by atoms with Crippen LogP contribution in [0.1, 0.15) is 0 Å². The van der Waals surface area contributed by atoms with Gasteiger partial charge in [-0.05, 0) is 24.3 Å². The minimum atomic E-state index is -4.07. The SMILES string of the molecule is NN=Nc1ccccc1S(=O)(=O)N(N)c1cccc2cccnc12. The van der Waals surface area contributed by atoms with E-state index in [1.54, 1.807) is 36.5 Å². The molecule has 1 aromatic heterocycles. The van der Waals surface area contributed by atoms with Crippen LogP contribution >= 0.6 is 0 Å². The molecule has 9 heteroatoms. The van der Waals surface area contributed by atoms with Crippen molar-refractivity contribution in [2.45, 2.75) is 4.90 Å². The molecule has 122 valence electrons. The van der Waals surface area contributed by atoms with E-state index in [1.807, 2.05) is 12.1 Å². The second kappa shape index (κ2) is 6.22. The fourth-order valence-electron chi connectivity index (χ4n) is 2.32. The van der Waals surface area contributed by atoms with Crippen molar-refractivity contribution < 1.29 is 8.42 Å². The third-order valence-corrected chi connectivity index (χ3v) is 5.03. The summed E-state index contributed by atoms with van der Waals surface area (Å²) in [6.07, 6.45) is 1.57. The van der Waals surface area contributed by atoms with Gasteiger partial charge < -0.3 is 5.84 Å². The van der Waals surface area contributed by atoms with Gasteiger partial charge in [-0.1, -0.05) is 35.6 Å². The molecule has 0 radical (unpaired) electrons. The van der Waals surface area contributed by atoms with Gasteiger partial charge in [0.05, 0.1) is 11.2 Å². The largest absolute Gasteiger partial charge is 0.305 e. The van der Waals surface area contributed by atoms with Gasteiger partial charge in [0.25, 0.3) is 10.0 Å². The number of hydrazine groups is 1. The molecule has 24 heavy (non-hydrogen) atoms. The zero-order valence-electron chi connectivity index (χ0n) is 12.4. The topological polar surface area (TPSA) is 127 Å². The molecule has 0 amide bonds. The highest BCUT2D eigenvalue weighted by atomic mass is 32.2. The van der Waals surface area contributed by atoms with Crippen LogP contribution in [0.2, 0.25) is 0 Å². The first kappa shape index (κ1) is 15.8. The number of anilines is 1. The Morgan fingerprint density at radius 1 is 1.00 bits per heavy atom. The molecule has 0 fully saturated rings. The highest BCUT2D eigenvalue weighted by Crippen LogP contribution is 2.31. The Kier molecular flexibility index (Phi) is 4.11. The van der Waals surface area contributed by atoms with E-state index in [0.29, 0.717) is 9.93 Å². The van der Waals surface area contributed by atoms with Gasteiger partial charge in [0, 0.05) is 11.6 Å². The van der Waals surface area contributed by atoms with Crippen LogP contribution in [-0.4, -0.2) is 13.4 Å². The number of hydrogen-bond donors (Lipinski definition) is 2. The molecule has 4 N–H and O–H groups in total. The lowest BCUT2D eigenvalue weighted by Gasteiger charge is -2.20. The van der Waals surface area contributed by atoms with Gasteiger partial charge in [0.2, 0.25) is 0 Å².